The molecular weight excluding hydrogens is 1650 g/mol. The van der Waals surface area contributed by atoms with E-state index in [4.69, 9.17) is 0 Å². The molecular formula is C136H123N. The maximum atomic E-state index is 2.37. The first-order chi connectivity index (χ1) is 66.4. The lowest BCUT2D eigenvalue weighted by Gasteiger charge is -2.34. The van der Waals surface area contributed by atoms with Crippen LogP contribution in [0.4, 0.5) is 0 Å². The van der Waals surface area contributed by atoms with E-state index >= 15 is 0 Å². The van der Waals surface area contributed by atoms with Gasteiger partial charge in [0.1, 0.15) is 0 Å². The van der Waals surface area contributed by atoms with Crippen molar-refractivity contribution >= 4 is 21.8 Å². The van der Waals surface area contributed by atoms with E-state index in [2.05, 4.69) is 552 Å². The Kier molecular flexibility index (Phi) is 24.8. The number of nitrogens with zero attached hydrogens (tertiary/aromatic N) is 1. The summed E-state index contributed by atoms with van der Waals surface area (Å²) in [5.41, 5.74) is 51.4. The van der Waals surface area contributed by atoms with Crippen molar-refractivity contribution in [1.29, 1.82) is 0 Å². The van der Waals surface area contributed by atoms with Crippen molar-refractivity contribution in [3.63, 3.8) is 0 Å². The number of aromatic nitrogens is 1. The molecule has 0 N–H and O–H groups in total. The van der Waals surface area contributed by atoms with E-state index in [-0.39, 0.29) is 32.5 Å². The second-order valence-corrected chi connectivity index (χ2v) is 40.1. The van der Waals surface area contributed by atoms with Crippen LogP contribution >= 0.6 is 0 Å². The summed E-state index contributed by atoms with van der Waals surface area (Å²) < 4.78 is 2.24. The number of benzene rings is 19. The third-order valence-corrected chi connectivity index (χ3v) is 30.1. The van der Waals surface area contributed by atoms with Gasteiger partial charge in [-0.1, -0.05) is 520 Å². The number of aryl methyl sites for hydroxylation is 8. The lowest BCUT2D eigenvalue weighted by Crippen LogP contribution is -2.29. The van der Waals surface area contributed by atoms with Gasteiger partial charge in [0.25, 0.3) is 0 Å². The molecule has 0 atom stereocenters. The molecule has 0 fully saturated rings. The molecule has 0 bridgehead atoms. The van der Waals surface area contributed by atoms with Gasteiger partial charge in [0.2, 0.25) is 0 Å². The molecule has 0 amide bonds. The van der Waals surface area contributed by atoms with Crippen LogP contribution in [0.3, 0.4) is 0 Å². The Morgan fingerprint density at radius 2 is 0.453 bits per heavy atom. The highest BCUT2D eigenvalue weighted by Crippen LogP contribution is 2.60. The van der Waals surface area contributed by atoms with E-state index in [9.17, 15) is 0 Å². The van der Waals surface area contributed by atoms with Crippen molar-refractivity contribution in [2.45, 2.75) is 136 Å². The van der Waals surface area contributed by atoms with Crippen LogP contribution in [-0.4, -0.2) is 4.57 Å². The van der Waals surface area contributed by atoms with Crippen molar-refractivity contribution in [2.24, 2.45) is 7.05 Å². The third kappa shape index (κ3) is 16.1. The zero-order chi connectivity index (χ0) is 95.1. The number of hydrogen-bond acceptors (Lipinski definition) is 0. The summed E-state index contributed by atoms with van der Waals surface area (Å²) in [7, 11) is 2.12. The summed E-state index contributed by atoms with van der Waals surface area (Å²) in [6, 6.07) is 164. The quantitative estimate of drug-likeness (QED) is 0.166. The van der Waals surface area contributed by atoms with Crippen molar-refractivity contribution < 1.29 is 0 Å². The topological polar surface area (TPSA) is 4.93 Å². The fourth-order valence-electron chi connectivity index (χ4n) is 23.6. The van der Waals surface area contributed by atoms with E-state index < -0.39 is 0 Å². The lowest BCUT2D eigenvalue weighted by molar-refractivity contribution is 0.655. The lowest BCUT2D eigenvalue weighted by atomic mass is 9.67. The number of hydrogen-bond donors (Lipinski definition) is 0. The van der Waals surface area contributed by atoms with Gasteiger partial charge in [0, 0.05) is 50.5 Å². The van der Waals surface area contributed by atoms with Crippen LogP contribution in [0.1, 0.15) is 183 Å². The molecule has 6 aliphatic carbocycles. The molecule has 6 aliphatic rings. The van der Waals surface area contributed by atoms with Gasteiger partial charge < -0.3 is 4.57 Å². The molecule has 1 nitrogen and oxygen atoms in total. The maximum Gasteiger partial charge on any atom is 0.0716 e. The van der Waals surface area contributed by atoms with Crippen LogP contribution in [0.25, 0.3) is 88.6 Å². The summed E-state index contributed by atoms with van der Waals surface area (Å²) in [5, 5.41) is 2.68. The van der Waals surface area contributed by atoms with Crippen molar-refractivity contribution in [3.8, 4) is 66.8 Å². The van der Waals surface area contributed by atoms with Gasteiger partial charge in [-0.2, -0.15) is 0 Å². The maximum absolute atomic E-state index is 2.37. The second-order valence-electron chi connectivity index (χ2n) is 40.1. The average Bonchev–Trinajstić information content (AvgIpc) is 1.54. The van der Waals surface area contributed by atoms with Crippen molar-refractivity contribution in [3.05, 3.63) is 583 Å². The van der Waals surface area contributed by atoms with Crippen LogP contribution in [0.5, 0.6) is 0 Å². The molecule has 1 heteroatoms. The first kappa shape index (κ1) is 91.1. The Bertz CT molecular complexity index is 7680. The molecule has 672 valence electrons. The largest absolute Gasteiger partial charge is 0.344 e. The molecule has 0 unspecified atom stereocenters. The highest BCUT2D eigenvalue weighted by atomic mass is 14.9. The first-order valence-corrected chi connectivity index (χ1v) is 48.8. The van der Waals surface area contributed by atoms with Gasteiger partial charge in [-0.3, -0.25) is 0 Å². The van der Waals surface area contributed by atoms with Gasteiger partial charge in [-0.15, -0.1) is 0 Å². The normalized spacial score (nSPS) is 14.2. The van der Waals surface area contributed by atoms with E-state index in [0.29, 0.717) is 0 Å². The molecule has 26 rings (SSSR count). The molecule has 0 radical (unpaired) electrons. The highest BCUT2D eigenvalue weighted by molar-refractivity contribution is 6.08. The Balaban J connectivity index is 0.000000102. The van der Waals surface area contributed by atoms with Crippen LogP contribution in [0.15, 0.2) is 455 Å². The minimum Gasteiger partial charge on any atom is -0.344 e. The number of rotatable bonds is 4. The van der Waals surface area contributed by atoms with Crippen LogP contribution in [-0.2, 0) is 39.5 Å². The zero-order valence-electron chi connectivity index (χ0n) is 82.2. The highest BCUT2D eigenvalue weighted by Gasteiger charge is 2.49. The Morgan fingerprint density at radius 3 is 0.934 bits per heavy atom. The standard InChI is InChI=1S/2C26H20.4C16H16.C13H11N.C7H8/c1-19-11-10-17-23-22-16-8-9-18-24(22)26(25(19)23,20-12-4-2-5-13-20)21-14-6-3-7-15-21;1-19-16-17-23-22-14-8-9-15-24(22)26(25(23)18-19,20-10-4-2-5-11-20)21-12-6-3-7-13-21;1-11-7-6-9-13-12-8-4-5-10-14(12)16(2,3)15(11)13;1-11-7-6-10-14-15(11)12-8-4-5-9-13(12)16(14,2)3;1-11-8-9-15-13(10-11)12-6-4-5-7-14(12)16(15,2)3;1-11-8-9-13-12-6-4-5-7-14(12)16(2,3)15(13)10-11;1-14-12-8-4-2-6-10(12)11-7-3-5-9-13(11)14;1-7-5-3-2-4-6-7/h2*2-18H,1H3;4*4-10H,1-3H3;2-9H,1H3;2-6H,1H3. The molecule has 0 spiro atoms. The van der Waals surface area contributed by atoms with Gasteiger partial charge in [-0.25, -0.2) is 0 Å². The minimum atomic E-state index is -0.264. The number of fused-ring (bicyclic) bond motifs is 21. The Labute approximate surface area is 813 Å². The molecule has 0 saturated heterocycles. The molecule has 0 aliphatic heterocycles. The van der Waals surface area contributed by atoms with Crippen molar-refractivity contribution in [2.75, 3.05) is 0 Å². The fraction of sp³-hybridized carbons (Fsp3) is 0.162. The summed E-state index contributed by atoms with van der Waals surface area (Å²) in [6.45, 7) is 33.8. The predicted octanol–water partition coefficient (Wildman–Crippen LogP) is 35.2. The molecule has 1 heterocycles. The fourth-order valence-corrected chi connectivity index (χ4v) is 23.6. The summed E-state index contributed by atoms with van der Waals surface area (Å²) in [6.07, 6.45) is 0. The zero-order valence-corrected chi connectivity index (χ0v) is 82.2. The van der Waals surface area contributed by atoms with Crippen LogP contribution in [0, 0.1) is 48.5 Å². The molecule has 20 aromatic rings. The SMILES string of the molecule is Cc1ccc2c(c1)-c1ccccc1C2(C)C.Cc1ccc2c(c1)C(C)(C)c1ccccc1-2.Cc1ccc2c(c1)C(c1ccccc1)(c1ccccc1)c1ccccc1-2.Cc1cccc2c1-c1ccccc1C2(C)C.Cc1cccc2c1C(C)(C)c1ccccc1-2.Cc1cccc2c1C(c1ccccc1)(c1ccccc1)c1ccccc1-2.Cc1ccccc1.Cn1c2ccccc2c2ccccc21. The third-order valence-electron chi connectivity index (χ3n) is 30.1. The molecule has 1 aromatic heterocycles. The van der Waals surface area contributed by atoms with E-state index in [1.165, 1.54) is 217 Å². The van der Waals surface area contributed by atoms with Gasteiger partial charge in [0.15, 0.2) is 0 Å². The Morgan fingerprint density at radius 1 is 0.168 bits per heavy atom. The molecule has 0 saturated carbocycles. The molecule has 19 aromatic carbocycles. The van der Waals surface area contributed by atoms with E-state index in [1.807, 2.05) is 18.2 Å². The monoisotopic (exact) mass is 1770 g/mol. The average molecular weight is 1770 g/mol. The minimum absolute atomic E-state index is 0.150. The molecule has 137 heavy (non-hydrogen) atoms. The summed E-state index contributed by atoms with van der Waals surface area (Å²) in [5.74, 6) is 0. The summed E-state index contributed by atoms with van der Waals surface area (Å²) in [4.78, 5) is 0. The first-order valence-electron chi connectivity index (χ1n) is 48.8. The van der Waals surface area contributed by atoms with E-state index in [1.54, 1.807) is 0 Å². The summed E-state index contributed by atoms with van der Waals surface area (Å²) >= 11 is 0. The van der Waals surface area contributed by atoms with Gasteiger partial charge in [-0.05, 0) is 233 Å². The van der Waals surface area contributed by atoms with Crippen molar-refractivity contribution in [1.82, 2.24) is 4.57 Å². The van der Waals surface area contributed by atoms with E-state index in [0.717, 1.165) is 0 Å². The van der Waals surface area contributed by atoms with Gasteiger partial charge in [0.05, 0.1) is 10.8 Å². The van der Waals surface area contributed by atoms with Crippen LogP contribution in [0.2, 0.25) is 0 Å². The van der Waals surface area contributed by atoms with Gasteiger partial charge >= 0.3 is 0 Å². The second kappa shape index (κ2) is 37.3. The van der Waals surface area contributed by atoms with Crippen LogP contribution < -0.4 is 0 Å². The Hall–Kier alpha value is -15.0. The predicted molar refractivity (Wildman–Crippen MR) is 584 cm³/mol. The number of para-hydroxylation sites is 2. The smallest absolute Gasteiger partial charge is 0.0716 e.